The molecule has 3 nitrogen and oxygen atoms in total. The predicted molar refractivity (Wildman–Crippen MR) is 68.9 cm³/mol. The van der Waals surface area contributed by atoms with Crippen LogP contribution in [0.4, 0.5) is 4.39 Å². The Bertz CT molecular complexity index is 418. The molecule has 0 fully saturated rings. The second-order valence-electron chi connectivity index (χ2n) is 4.72. The number of carbonyl (C=O) groups is 1. The SMILES string of the molecule is COC(=O)c1ccc(CNC(C)C(C)C)cc1F. The standard InChI is InChI=1S/C14H20FNO2/c1-9(2)10(3)16-8-11-5-6-12(13(15)7-11)14(17)18-4/h5-7,9-10,16H,8H2,1-4H3. The van der Waals surface area contributed by atoms with E-state index >= 15 is 0 Å². The molecule has 0 saturated carbocycles. The Balaban J connectivity index is 2.70. The quantitative estimate of drug-likeness (QED) is 0.820. The van der Waals surface area contributed by atoms with E-state index in [2.05, 4.69) is 30.8 Å². The van der Waals surface area contributed by atoms with Crippen molar-refractivity contribution in [1.29, 1.82) is 0 Å². The number of halogens is 1. The molecule has 0 aliphatic rings. The van der Waals surface area contributed by atoms with Crippen LogP contribution >= 0.6 is 0 Å². The highest BCUT2D eigenvalue weighted by Crippen LogP contribution is 2.12. The van der Waals surface area contributed by atoms with Crippen LogP contribution in [-0.4, -0.2) is 19.1 Å². The molecule has 0 aliphatic heterocycles. The Kier molecular flexibility index (Phi) is 5.28. The highest BCUT2D eigenvalue weighted by atomic mass is 19.1. The molecule has 1 aromatic rings. The van der Waals surface area contributed by atoms with Gasteiger partial charge in [-0.3, -0.25) is 0 Å². The van der Waals surface area contributed by atoms with E-state index in [1.165, 1.54) is 19.2 Å². The summed E-state index contributed by atoms with van der Waals surface area (Å²) in [5, 5.41) is 3.31. The van der Waals surface area contributed by atoms with Crippen molar-refractivity contribution in [3.8, 4) is 0 Å². The van der Waals surface area contributed by atoms with E-state index in [1.54, 1.807) is 6.07 Å². The molecule has 18 heavy (non-hydrogen) atoms. The van der Waals surface area contributed by atoms with Gasteiger partial charge in [0.2, 0.25) is 0 Å². The van der Waals surface area contributed by atoms with Crippen molar-refractivity contribution in [2.45, 2.75) is 33.4 Å². The van der Waals surface area contributed by atoms with Gasteiger partial charge in [-0.15, -0.1) is 0 Å². The van der Waals surface area contributed by atoms with Gasteiger partial charge in [0, 0.05) is 12.6 Å². The molecule has 100 valence electrons. The summed E-state index contributed by atoms with van der Waals surface area (Å²) in [4.78, 5) is 11.2. The van der Waals surface area contributed by atoms with Crippen LogP contribution in [0, 0.1) is 11.7 Å². The molecule has 0 heterocycles. The number of esters is 1. The molecule has 1 rings (SSSR count). The summed E-state index contributed by atoms with van der Waals surface area (Å²) in [6.07, 6.45) is 0. The van der Waals surface area contributed by atoms with E-state index in [1.807, 2.05) is 0 Å². The summed E-state index contributed by atoms with van der Waals surface area (Å²) in [5.74, 6) is -0.676. The topological polar surface area (TPSA) is 38.3 Å². The average molecular weight is 253 g/mol. The summed E-state index contributed by atoms with van der Waals surface area (Å²) < 4.78 is 18.1. The number of carbonyl (C=O) groups excluding carboxylic acids is 1. The fourth-order valence-corrected chi connectivity index (χ4v) is 1.46. The molecule has 0 spiro atoms. The first-order chi connectivity index (χ1) is 8.45. The van der Waals surface area contributed by atoms with Crippen molar-refractivity contribution in [2.24, 2.45) is 5.92 Å². The van der Waals surface area contributed by atoms with Crippen LogP contribution in [0.2, 0.25) is 0 Å². The molecule has 1 atom stereocenters. The second-order valence-corrected chi connectivity index (χ2v) is 4.72. The first-order valence-electron chi connectivity index (χ1n) is 6.05. The zero-order valence-electron chi connectivity index (χ0n) is 11.3. The lowest BCUT2D eigenvalue weighted by Crippen LogP contribution is -2.30. The van der Waals surface area contributed by atoms with E-state index in [9.17, 15) is 9.18 Å². The molecule has 0 bridgehead atoms. The van der Waals surface area contributed by atoms with Crippen molar-refractivity contribution in [3.05, 3.63) is 35.1 Å². The van der Waals surface area contributed by atoms with Crippen molar-refractivity contribution in [1.82, 2.24) is 5.32 Å². The van der Waals surface area contributed by atoms with E-state index in [0.717, 1.165) is 5.56 Å². The summed E-state index contributed by atoms with van der Waals surface area (Å²) in [7, 11) is 1.24. The van der Waals surface area contributed by atoms with E-state index < -0.39 is 11.8 Å². The van der Waals surface area contributed by atoms with Gasteiger partial charge in [-0.1, -0.05) is 19.9 Å². The van der Waals surface area contributed by atoms with E-state index in [4.69, 9.17) is 0 Å². The van der Waals surface area contributed by atoms with Gasteiger partial charge in [-0.05, 0) is 30.5 Å². The Morgan fingerprint density at radius 2 is 2.06 bits per heavy atom. The van der Waals surface area contributed by atoms with Crippen LogP contribution in [-0.2, 0) is 11.3 Å². The number of methoxy groups -OCH3 is 1. The maximum atomic E-state index is 13.6. The minimum absolute atomic E-state index is 0.0295. The van der Waals surface area contributed by atoms with Crippen LogP contribution in [0.5, 0.6) is 0 Å². The van der Waals surface area contributed by atoms with Crippen molar-refractivity contribution in [3.63, 3.8) is 0 Å². The summed E-state index contributed by atoms with van der Waals surface area (Å²) in [6.45, 7) is 6.92. The van der Waals surface area contributed by atoms with E-state index in [-0.39, 0.29) is 5.56 Å². The maximum Gasteiger partial charge on any atom is 0.340 e. The normalized spacial score (nSPS) is 12.6. The Morgan fingerprint density at radius 1 is 1.39 bits per heavy atom. The van der Waals surface area contributed by atoms with Gasteiger partial charge in [0.15, 0.2) is 0 Å². The van der Waals surface area contributed by atoms with Gasteiger partial charge in [0.1, 0.15) is 5.82 Å². The second kappa shape index (κ2) is 6.50. The first-order valence-corrected chi connectivity index (χ1v) is 6.05. The molecule has 1 aromatic carbocycles. The highest BCUT2D eigenvalue weighted by Gasteiger charge is 2.12. The monoisotopic (exact) mass is 253 g/mol. The molecule has 0 aliphatic carbocycles. The Labute approximate surface area is 107 Å². The predicted octanol–water partition coefficient (Wildman–Crippen LogP) is 2.75. The number of nitrogens with one attached hydrogen (secondary N) is 1. The highest BCUT2D eigenvalue weighted by molar-refractivity contribution is 5.89. The van der Waals surface area contributed by atoms with Crippen LogP contribution in [0.3, 0.4) is 0 Å². The Morgan fingerprint density at radius 3 is 2.56 bits per heavy atom. The lowest BCUT2D eigenvalue weighted by Gasteiger charge is -2.17. The molecule has 0 amide bonds. The van der Waals surface area contributed by atoms with Crippen LogP contribution in [0.25, 0.3) is 0 Å². The molecule has 1 N–H and O–H groups in total. The number of hydrogen-bond donors (Lipinski definition) is 1. The van der Waals surface area contributed by atoms with Crippen molar-refractivity contribution >= 4 is 5.97 Å². The number of hydrogen-bond acceptors (Lipinski definition) is 3. The molecule has 1 unspecified atom stereocenters. The molecule has 4 heteroatoms. The first kappa shape index (κ1) is 14.6. The van der Waals surface area contributed by atoms with Gasteiger partial charge in [0.25, 0.3) is 0 Å². The summed E-state index contributed by atoms with van der Waals surface area (Å²) in [5.41, 5.74) is 0.783. The van der Waals surface area contributed by atoms with Gasteiger partial charge >= 0.3 is 5.97 Å². The third-order valence-corrected chi connectivity index (χ3v) is 3.07. The fourth-order valence-electron chi connectivity index (χ4n) is 1.46. The third-order valence-electron chi connectivity index (χ3n) is 3.07. The molecule has 0 radical (unpaired) electrons. The zero-order chi connectivity index (χ0) is 13.7. The van der Waals surface area contributed by atoms with Crippen molar-refractivity contribution in [2.75, 3.05) is 7.11 Å². The fraction of sp³-hybridized carbons (Fsp3) is 0.500. The van der Waals surface area contributed by atoms with Crippen LogP contribution in [0.1, 0.15) is 36.7 Å². The van der Waals surface area contributed by atoms with Gasteiger partial charge in [0.05, 0.1) is 12.7 Å². The average Bonchev–Trinajstić information content (AvgIpc) is 2.34. The van der Waals surface area contributed by atoms with Crippen LogP contribution in [0.15, 0.2) is 18.2 Å². The van der Waals surface area contributed by atoms with Gasteiger partial charge < -0.3 is 10.1 Å². The van der Waals surface area contributed by atoms with E-state index in [0.29, 0.717) is 18.5 Å². The third kappa shape index (κ3) is 3.81. The largest absolute Gasteiger partial charge is 0.465 e. The zero-order valence-corrected chi connectivity index (χ0v) is 11.3. The Hall–Kier alpha value is -1.42. The van der Waals surface area contributed by atoms with Crippen LogP contribution < -0.4 is 5.32 Å². The smallest absolute Gasteiger partial charge is 0.340 e. The number of rotatable bonds is 5. The summed E-state index contributed by atoms with van der Waals surface area (Å²) in [6, 6.07) is 4.91. The maximum absolute atomic E-state index is 13.6. The molecular weight excluding hydrogens is 233 g/mol. The molecule has 0 aromatic heterocycles. The summed E-state index contributed by atoms with van der Waals surface area (Å²) >= 11 is 0. The lowest BCUT2D eigenvalue weighted by atomic mass is 10.1. The van der Waals surface area contributed by atoms with Gasteiger partial charge in [-0.2, -0.15) is 0 Å². The lowest BCUT2D eigenvalue weighted by molar-refractivity contribution is 0.0595. The number of ether oxygens (including phenoxy) is 1. The minimum Gasteiger partial charge on any atom is -0.465 e. The van der Waals surface area contributed by atoms with Crippen molar-refractivity contribution < 1.29 is 13.9 Å². The number of benzene rings is 1. The molecule has 0 saturated heterocycles. The minimum atomic E-state index is -0.650. The molecular formula is C14H20FNO2. The van der Waals surface area contributed by atoms with Gasteiger partial charge in [-0.25, -0.2) is 9.18 Å².